The Balaban J connectivity index is 2.39. The van der Waals surface area contributed by atoms with Crippen LogP contribution in [-0.4, -0.2) is 17.0 Å². The van der Waals surface area contributed by atoms with Crippen molar-refractivity contribution in [3.8, 4) is 0 Å². The van der Waals surface area contributed by atoms with Crippen LogP contribution >= 0.6 is 11.8 Å². The van der Waals surface area contributed by atoms with Crippen molar-refractivity contribution in [1.29, 1.82) is 0 Å². The molecule has 1 aromatic heterocycles. The van der Waals surface area contributed by atoms with Crippen LogP contribution in [0, 0.1) is 6.92 Å². The Morgan fingerprint density at radius 2 is 2.00 bits per heavy atom. The van der Waals surface area contributed by atoms with Crippen molar-refractivity contribution in [3.05, 3.63) is 41.7 Å². The van der Waals surface area contributed by atoms with E-state index in [1.807, 2.05) is 7.05 Å². The summed E-state index contributed by atoms with van der Waals surface area (Å²) in [4.78, 5) is 9.96. The van der Waals surface area contributed by atoms with Crippen molar-refractivity contribution >= 4 is 17.6 Å². The average molecular weight is 273 g/mol. The van der Waals surface area contributed by atoms with Crippen LogP contribution in [-0.2, 0) is 0 Å². The smallest absolute Gasteiger partial charge is 0.133 e. The van der Waals surface area contributed by atoms with Gasteiger partial charge in [-0.25, -0.2) is 9.97 Å². The molecule has 0 aliphatic carbocycles. The molecule has 2 aromatic rings. The molecule has 0 atom stereocenters. The van der Waals surface area contributed by atoms with Crippen molar-refractivity contribution in [2.75, 3.05) is 12.4 Å². The molecule has 0 aliphatic heterocycles. The molecule has 0 spiro atoms. The predicted octanol–water partition coefficient (Wildman–Crippen LogP) is 4.10. The summed E-state index contributed by atoms with van der Waals surface area (Å²) in [6.45, 7) is 6.44. The highest BCUT2D eigenvalue weighted by Gasteiger charge is 2.15. The predicted molar refractivity (Wildman–Crippen MR) is 81.0 cm³/mol. The van der Waals surface area contributed by atoms with Gasteiger partial charge in [-0.3, -0.25) is 0 Å². The van der Waals surface area contributed by atoms with Gasteiger partial charge in [-0.15, -0.1) is 0 Å². The summed E-state index contributed by atoms with van der Waals surface area (Å²) >= 11 is 1.70. The Morgan fingerprint density at radius 3 is 2.63 bits per heavy atom. The highest BCUT2D eigenvalue weighted by Crippen LogP contribution is 2.35. The Hall–Kier alpha value is -1.55. The van der Waals surface area contributed by atoms with Gasteiger partial charge in [0.1, 0.15) is 17.2 Å². The van der Waals surface area contributed by atoms with Crippen LogP contribution in [0.3, 0.4) is 0 Å². The van der Waals surface area contributed by atoms with Crippen molar-refractivity contribution in [3.63, 3.8) is 0 Å². The summed E-state index contributed by atoms with van der Waals surface area (Å²) in [6, 6.07) is 8.47. The van der Waals surface area contributed by atoms with E-state index in [0.29, 0.717) is 5.92 Å². The van der Waals surface area contributed by atoms with Crippen LogP contribution in [0.1, 0.15) is 30.9 Å². The summed E-state index contributed by atoms with van der Waals surface area (Å²) in [5, 5.41) is 4.18. The molecule has 19 heavy (non-hydrogen) atoms. The molecular formula is C15H19N3S. The van der Waals surface area contributed by atoms with Crippen LogP contribution in [0.4, 0.5) is 5.82 Å². The molecule has 1 aromatic carbocycles. The first-order chi connectivity index (χ1) is 9.11. The van der Waals surface area contributed by atoms with E-state index in [2.05, 4.69) is 60.3 Å². The lowest BCUT2D eigenvalue weighted by Gasteiger charge is -2.15. The normalized spacial score (nSPS) is 10.8. The van der Waals surface area contributed by atoms with Crippen LogP contribution in [0.25, 0.3) is 0 Å². The molecule has 100 valence electrons. The monoisotopic (exact) mass is 273 g/mol. The first-order valence-corrected chi connectivity index (χ1v) is 7.20. The van der Waals surface area contributed by atoms with E-state index in [4.69, 9.17) is 0 Å². The van der Waals surface area contributed by atoms with Gasteiger partial charge >= 0.3 is 0 Å². The molecule has 0 amide bonds. The fraction of sp³-hybridized carbons (Fsp3) is 0.333. The highest BCUT2D eigenvalue weighted by molar-refractivity contribution is 7.99. The summed E-state index contributed by atoms with van der Waals surface area (Å²) in [7, 11) is 1.90. The Labute approximate surface area is 118 Å². The molecule has 0 fully saturated rings. The summed E-state index contributed by atoms with van der Waals surface area (Å²) < 4.78 is 0. The van der Waals surface area contributed by atoms with Crippen molar-refractivity contribution in [1.82, 2.24) is 9.97 Å². The summed E-state index contributed by atoms with van der Waals surface area (Å²) in [5.41, 5.74) is 2.44. The average Bonchev–Trinajstić information content (AvgIpc) is 2.38. The van der Waals surface area contributed by atoms with E-state index < -0.39 is 0 Å². The standard InChI is InChI=1S/C15H19N3S/c1-10(2)13-14(16-4)17-9-18-15(13)19-12-7-5-6-11(3)8-12/h5-10H,1-4H3,(H,16,17,18). The number of benzene rings is 1. The van der Waals surface area contributed by atoms with Crippen LogP contribution in [0.2, 0.25) is 0 Å². The number of hydrogen-bond donors (Lipinski definition) is 1. The van der Waals surface area contributed by atoms with Gasteiger partial charge in [0.25, 0.3) is 0 Å². The van der Waals surface area contributed by atoms with Gasteiger partial charge in [-0.05, 0) is 25.0 Å². The fourth-order valence-electron chi connectivity index (χ4n) is 1.97. The third kappa shape index (κ3) is 3.26. The Morgan fingerprint density at radius 1 is 1.21 bits per heavy atom. The molecular weight excluding hydrogens is 254 g/mol. The molecule has 0 saturated carbocycles. The van der Waals surface area contributed by atoms with Crippen molar-refractivity contribution in [2.24, 2.45) is 0 Å². The molecule has 0 unspecified atom stereocenters. The second kappa shape index (κ2) is 6.06. The maximum Gasteiger partial charge on any atom is 0.133 e. The minimum Gasteiger partial charge on any atom is -0.373 e. The molecule has 1 heterocycles. The topological polar surface area (TPSA) is 37.8 Å². The van der Waals surface area contributed by atoms with Crippen LogP contribution in [0.5, 0.6) is 0 Å². The second-order valence-corrected chi connectivity index (χ2v) is 5.83. The highest BCUT2D eigenvalue weighted by atomic mass is 32.2. The van der Waals surface area contributed by atoms with Gasteiger partial charge in [-0.2, -0.15) is 0 Å². The number of aromatic nitrogens is 2. The first kappa shape index (κ1) is 13.9. The third-order valence-electron chi connectivity index (χ3n) is 2.87. The lowest BCUT2D eigenvalue weighted by atomic mass is 10.1. The zero-order valence-corrected chi connectivity index (χ0v) is 12.6. The maximum atomic E-state index is 4.45. The third-order valence-corrected chi connectivity index (χ3v) is 3.87. The maximum absolute atomic E-state index is 4.45. The van der Waals surface area contributed by atoms with Gasteiger partial charge in [0.05, 0.1) is 0 Å². The minimum atomic E-state index is 0.385. The van der Waals surface area contributed by atoms with E-state index in [0.717, 1.165) is 10.8 Å². The molecule has 4 heteroatoms. The van der Waals surface area contributed by atoms with E-state index in [-0.39, 0.29) is 0 Å². The van der Waals surface area contributed by atoms with E-state index in [1.54, 1.807) is 18.1 Å². The Bertz CT molecular complexity index is 567. The molecule has 0 radical (unpaired) electrons. The summed E-state index contributed by atoms with van der Waals surface area (Å²) in [5.74, 6) is 1.30. The molecule has 0 bridgehead atoms. The summed E-state index contributed by atoms with van der Waals surface area (Å²) in [6.07, 6.45) is 1.62. The number of nitrogens with one attached hydrogen (secondary N) is 1. The minimum absolute atomic E-state index is 0.385. The first-order valence-electron chi connectivity index (χ1n) is 6.39. The molecule has 2 rings (SSSR count). The second-order valence-electron chi connectivity index (χ2n) is 4.76. The van der Waals surface area contributed by atoms with Gasteiger partial charge < -0.3 is 5.32 Å². The number of rotatable bonds is 4. The van der Waals surface area contributed by atoms with E-state index >= 15 is 0 Å². The number of hydrogen-bond acceptors (Lipinski definition) is 4. The van der Waals surface area contributed by atoms with E-state index in [9.17, 15) is 0 Å². The SMILES string of the molecule is CNc1ncnc(Sc2cccc(C)c2)c1C(C)C. The zero-order chi connectivity index (χ0) is 13.8. The van der Waals surface area contributed by atoms with Crippen molar-refractivity contribution < 1.29 is 0 Å². The molecule has 3 nitrogen and oxygen atoms in total. The number of nitrogens with zero attached hydrogens (tertiary/aromatic N) is 2. The van der Waals surface area contributed by atoms with Crippen molar-refractivity contribution in [2.45, 2.75) is 36.6 Å². The van der Waals surface area contributed by atoms with Gasteiger partial charge in [0.15, 0.2) is 0 Å². The molecule has 1 N–H and O–H groups in total. The van der Waals surface area contributed by atoms with Gasteiger partial charge in [0.2, 0.25) is 0 Å². The van der Waals surface area contributed by atoms with Gasteiger partial charge in [0, 0.05) is 17.5 Å². The quantitative estimate of drug-likeness (QED) is 0.851. The number of anilines is 1. The lowest BCUT2D eigenvalue weighted by molar-refractivity contribution is 0.806. The van der Waals surface area contributed by atoms with Crippen LogP contribution in [0.15, 0.2) is 40.5 Å². The molecule has 0 saturated heterocycles. The van der Waals surface area contributed by atoms with Crippen LogP contribution < -0.4 is 5.32 Å². The fourth-order valence-corrected chi connectivity index (χ4v) is 3.13. The van der Waals surface area contributed by atoms with E-state index in [1.165, 1.54) is 16.0 Å². The number of aryl methyl sites for hydroxylation is 1. The lowest BCUT2D eigenvalue weighted by Crippen LogP contribution is -2.03. The largest absolute Gasteiger partial charge is 0.373 e. The van der Waals surface area contributed by atoms with Gasteiger partial charge in [-0.1, -0.05) is 43.3 Å². The zero-order valence-electron chi connectivity index (χ0n) is 11.8. The molecule has 0 aliphatic rings. The Kier molecular flexibility index (Phi) is 4.43.